The van der Waals surface area contributed by atoms with E-state index in [9.17, 15) is 14.7 Å². The monoisotopic (exact) mass is 212 g/mol. The summed E-state index contributed by atoms with van der Waals surface area (Å²) in [5.74, 6) is -0.911. The second-order valence-electron chi connectivity index (χ2n) is 5.30. The number of hydrogen-bond acceptors (Lipinski definition) is 3. The third kappa shape index (κ3) is 0.911. The fraction of sp³-hybridized carbons (Fsp3) is 0.818. The number of fused-ring (bicyclic) bond motifs is 2. The average molecular weight is 212 g/mol. The Balaban J connectivity index is 2.57. The minimum Gasteiger partial charge on any atom is -0.479 e. The zero-order valence-electron chi connectivity index (χ0n) is 9.29. The lowest BCUT2D eigenvalue weighted by Gasteiger charge is -2.48. The van der Waals surface area contributed by atoms with Crippen LogP contribution in [-0.2, 0) is 14.3 Å². The normalized spacial score (nSPS) is 43.0. The largest absolute Gasteiger partial charge is 0.479 e. The second-order valence-corrected chi connectivity index (χ2v) is 5.30. The zero-order valence-corrected chi connectivity index (χ0v) is 9.29. The summed E-state index contributed by atoms with van der Waals surface area (Å²) >= 11 is 0. The van der Waals surface area contributed by atoms with E-state index < -0.39 is 22.4 Å². The molecule has 2 bridgehead atoms. The summed E-state index contributed by atoms with van der Waals surface area (Å²) in [6.07, 6.45) is 1.03. The van der Waals surface area contributed by atoms with Crippen LogP contribution in [-0.4, -0.2) is 29.1 Å². The van der Waals surface area contributed by atoms with E-state index in [4.69, 9.17) is 4.74 Å². The van der Waals surface area contributed by atoms with Gasteiger partial charge in [-0.15, -0.1) is 0 Å². The van der Waals surface area contributed by atoms with Gasteiger partial charge in [-0.25, -0.2) is 4.79 Å². The highest BCUT2D eigenvalue weighted by Crippen LogP contribution is 2.62. The van der Waals surface area contributed by atoms with Gasteiger partial charge in [0.25, 0.3) is 0 Å². The highest BCUT2D eigenvalue weighted by atomic mass is 16.5. The van der Waals surface area contributed by atoms with Crippen LogP contribution in [0.4, 0.5) is 0 Å². The standard InChI is InChI=1S/C11H16O4/c1-9(2)10(3)4-5-11(9,8(13)14)15-6-7(10)12/h4-6H2,1-3H3,(H,13,14). The molecule has 4 nitrogen and oxygen atoms in total. The molecular weight excluding hydrogens is 196 g/mol. The lowest BCUT2D eigenvalue weighted by molar-refractivity contribution is -0.203. The molecule has 15 heavy (non-hydrogen) atoms. The summed E-state index contributed by atoms with van der Waals surface area (Å²) in [5.41, 5.74) is -2.36. The van der Waals surface area contributed by atoms with E-state index in [0.717, 1.165) is 0 Å². The molecule has 0 aromatic rings. The van der Waals surface area contributed by atoms with Crippen LogP contribution in [0.2, 0.25) is 0 Å². The van der Waals surface area contributed by atoms with Gasteiger partial charge >= 0.3 is 5.97 Å². The zero-order chi connectivity index (χ0) is 11.5. The van der Waals surface area contributed by atoms with Gasteiger partial charge < -0.3 is 9.84 Å². The van der Waals surface area contributed by atoms with Crippen molar-refractivity contribution in [2.45, 2.75) is 39.2 Å². The number of aliphatic carboxylic acids is 1. The predicted molar refractivity (Wildman–Crippen MR) is 52.4 cm³/mol. The third-order valence-corrected chi connectivity index (χ3v) is 4.78. The van der Waals surface area contributed by atoms with Crippen LogP contribution in [0, 0.1) is 10.8 Å². The van der Waals surface area contributed by atoms with E-state index in [2.05, 4.69) is 0 Å². The van der Waals surface area contributed by atoms with Crippen molar-refractivity contribution in [3.05, 3.63) is 0 Å². The summed E-state index contributed by atoms with van der Waals surface area (Å²) in [7, 11) is 0. The number of carboxylic acid groups (broad SMARTS) is 1. The highest BCUT2D eigenvalue weighted by molar-refractivity contribution is 5.92. The van der Waals surface area contributed by atoms with Gasteiger partial charge in [0.1, 0.15) is 6.61 Å². The van der Waals surface area contributed by atoms with Crippen molar-refractivity contribution >= 4 is 11.8 Å². The molecule has 2 atom stereocenters. The highest BCUT2D eigenvalue weighted by Gasteiger charge is 2.70. The van der Waals surface area contributed by atoms with Crippen LogP contribution < -0.4 is 0 Å². The molecule has 2 aliphatic rings. The van der Waals surface area contributed by atoms with Crippen LogP contribution in [0.1, 0.15) is 33.6 Å². The minimum absolute atomic E-state index is 0.0295. The molecule has 1 aliphatic carbocycles. The third-order valence-electron chi connectivity index (χ3n) is 4.78. The summed E-state index contributed by atoms with van der Waals surface area (Å²) in [6.45, 7) is 5.45. The Hall–Kier alpha value is -0.900. The fourth-order valence-corrected chi connectivity index (χ4v) is 3.02. The number of carbonyl (C=O) groups excluding carboxylic acids is 1. The van der Waals surface area contributed by atoms with Crippen LogP contribution in [0.25, 0.3) is 0 Å². The molecule has 1 heterocycles. The summed E-state index contributed by atoms with van der Waals surface area (Å²) < 4.78 is 5.36. The molecule has 84 valence electrons. The van der Waals surface area contributed by atoms with Crippen LogP contribution in [0.5, 0.6) is 0 Å². The van der Waals surface area contributed by atoms with Gasteiger partial charge in [-0.1, -0.05) is 20.8 Å². The molecule has 4 heteroatoms. The first kappa shape index (κ1) is 10.6. The van der Waals surface area contributed by atoms with E-state index in [-0.39, 0.29) is 12.4 Å². The van der Waals surface area contributed by atoms with E-state index in [0.29, 0.717) is 12.8 Å². The quantitative estimate of drug-likeness (QED) is 0.710. The Labute approximate surface area is 88.6 Å². The number of rotatable bonds is 1. The van der Waals surface area contributed by atoms with Gasteiger partial charge in [0.2, 0.25) is 0 Å². The summed E-state index contributed by atoms with van der Waals surface area (Å²) in [5, 5.41) is 9.32. The predicted octanol–water partition coefficient (Wildman–Crippen LogP) is 1.24. The minimum atomic E-state index is -1.17. The molecule has 0 radical (unpaired) electrons. The molecular formula is C11H16O4. The van der Waals surface area contributed by atoms with Crippen molar-refractivity contribution in [2.75, 3.05) is 6.61 Å². The SMILES string of the molecule is CC12CCC(C(=O)O)(OCC1=O)C2(C)C. The molecule has 1 N–H and O–H groups in total. The first-order valence-corrected chi connectivity index (χ1v) is 5.19. The van der Waals surface area contributed by atoms with Crippen molar-refractivity contribution in [3.63, 3.8) is 0 Å². The van der Waals surface area contributed by atoms with Gasteiger partial charge in [0, 0.05) is 10.8 Å². The lowest BCUT2D eigenvalue weighted by atomic mass is 9.60. The Morgan fingerprint density at radius 1 is 1.33 bits per heavy atom. The molecule has 0 amide bonds. The number of carbonyl (C=O) groups is 2. The van der Waals surface area contributed by atoms with Gasteiger partial charge in [-0.3, -0.25) is 4.79 Å². The smallest absolute Gasteiger partial charge is 0.336 e. The van der Waals surface area contributed by atoms with Crippen LogP contribution >= 0.6 is 0 Å². The number of Topliss-reactive ketones (excluding diaryl/α,β-unsaturated/α-hetero) is 1. The van der Waals surface area contributed by atoms with Crippen LogP contribution in [0.15, 0.2) is 0 Å². The van der Waals surface area contributed by atoms with E-state index >= 15 is 0 Å². The Kier molecular flexibility index (Phi) is 1.85. The van der Waals surface area contributed by atoms with Crippen molar-refractivity contribution in [1.29, 1.82) is 0 Å². The van der Waals surface area contributed by atoms with Crippen molar-refractivity contribution < 1.29 is 19.4 Å². The lowest BCUT2D eigenvalue weighted by Crippen LogP contribution is -2.61. The topological polar surface area (TPSA) is 63.6 Å². The second kappa shape index (κ2) is 2.61. The molecule has 2 unspecified atom stereocenters. The molecule has 1 saturated carbocycles. The molecule has 2 rings (SSSR count). The fourth-order valence-electron chi connectivity index (χ4n) is 3.02. The first-order valence-electron chi connectivity index (χ1n) is 5.19. The maximum absolute atomic E-state index is 11.8. The average Bonchev–Trinajstić information content (AvgIpc) is 2.28. The van der Waals surface area contributed by atoms with Crippen molar-refractivity contribution in [1.82, 2.24) is 0 Å². The first-order chi connectivity index (χ1) is 6.78. The van der Waals surface area contributed by atoms with Gasteiger partial charge in [-0.2, -0.15) is 0 Å². The van der Waals surface area contributed by atoms with Crippen LogP contribution in [0.3, 0.4) is 0 Å². The Bertz CT molecular complexity index is 346. The maximum atomic E-state index is 11.8. The van der Waals surface area contributed by atoms with Crippen molar-refractivity contribution in [3.8, 4) is 0 Å². The number of hydrogen-bond donors (Lipinski definition) is 1. The summed E-state index contributed by atoms with van der Waals surface area (Å²) in [6, 6.07) is 0. The molecule has 2 fully saturated rings. The molecule has 1 saturated heterocycles. The molecule has 1 aliphatic heterocycles. The van der Waals surface area contributed by atoms with E-state index in [1.54, 1.807) is 0 Å². The number of carboxylic acids is 1. The van der Waals surface area contributed by atoms with Gasteiger partial charge in [0.15, 0.2) is 11.4 Å². The van der Waals surface area contributed by atoms with Crippen molar-refractivity contribution in [2.24, 2.45) is 10.8 Å². The number of ether oxygens (including phenoxy) is 1. The Morgan fingerprint density at radius 2 is 1.93 bits per heavy atom. The van der Waals surface area contributed by atoms with E-state index in [1.165, 1.54) is 0 Å². The molecule has 0 spiro atoms. The maximum Gasteiger partial charge on any atom is 0.336 e. The molecule has 0 aromatic carbocycles. The molecule has 0 aromatic heterocycles. The van der Waals surface area contributed by atoms with Gasteiger partial charge in [-0.05, 0) is 12.8 Å². The number of ketones is 1. The Morgan fingerprint density at radius 3 is 2.47 bits per heavy atom. The van der Waals surface area contributed by atoms with E-state index in [1.807, 2.05) is 20.8 Å². The van der Waals surface area contributed by atoms with Gasteiger partial charge in [0.05, 0.1) is 0 Å². The summed E-state index contributed by atoms with van der Waals surface area (Å²) in [4.78, 5) is 23.2.